The summed E-state index contributed by atoms with van der Waals surface area (Å²) in [7, 11) is 0. The van der Waals surface area contributed by atoms with Gasteiger partial charge in [0.05, 0.1) is 5.56 Å². The van der Waals surface area contributed by atoms with Crippen molar-refractivity contribution < 1.29 is 4.79 Å². The van der Waals surface area contributed by atoms with Crippen molar-refractivity contribution in [3.63, 3.8) is 0 Å². The summed E-state index contributed by atoms with van der Waals surface area (Å²) in [6.45, 7) is 1.97. The number of nitrogens with one attached hydrogen (secondary N) is 1. The van der Waals surface area contributed by atoms with E-state index in [1.54, 1.807) is 18.2 Å². The first-order valence-corrected chi connectivity index (χ1v) is 7.18. The summed E-state index contributed by atoms with van der Waals surface area (Å²) >= 11 is 6.77. The van der Waals surface area contributed by atoms with Crippen LogP contribution in [0.25, 0.3) is 0 Å². The van der Waals surface area contributed by atoms with Crippen molar-refractivity contribution in [2.75, 3.05) is 11.1 Å². The zero-order valence-corrected chi connectivity index (χ0v) is 13.4. The van der Waals surface area contributed by atoms with Crippen LogP contribution in [0.1, 0.15) is 15.9 Å². The molecule has 0 heterocycles. The molecule has 0 saturated carbocycles. The Balaban J connectivity index is 2.25. The Morgan fingerprint density at radius 3 is 2.47 bits per heavy atom. The second-order valence-electron chi connectivity index (χ2n) is 4.16. The fourth-order valence-electron chi connectivity index (χ4n) is 1.64. The van der Waals surface area contributed by atoms with Crippen LogP contribution >= 0.6 is 31.9 Å². The molecule has 0 aliphatic carbocycles. The van der Waals surface area contributed by atoms with Gasteiger partial charge < -0.3 is 11.1 Å². The summed E-state index contributed by atoms with van der Waals surface area (Å²) in [4.78, 5) is 12.2. The molecule has 0 spiro atoms. The molecule has 0 fully saturated rings. The molecule has 2 rings (SSSR count). The minimum absolute atomic E-state index is 0.194. The van der Waals surface area contributed by atoms with Gasteiger partial charge in [0, 0.05) is 20.3 Å². The van der Waals surface area contributed by atoms with E-state index < -0.39 is 0 Å². The molecule has 2 aromatic carbocycles. The third-order valence-corrected chi connectivity index (χ3v) is 4.23. The van der Waals surface area contributed by atoms with Gasteiger partial charge in [-0.2, -0.15) is 0 Å². The zero-order chi connectivity index (χ0) is 14.0. The fourth-order valence-corrected chi connectivity index (χ4v) is 2.31. The molecule has 0 atom stereocenters. The van der Waals surface area contributed by atoms with Gasteiger partial charge >= 0.3 is 0 Å². The monoisotopic (exact) mass is 382 g/mol. The second kappa shape index (κ2) is 5.75. The van der Waals surface area contributed by atoms with Gasteiger partial charge in [-0.3, -0.25) is 4.79 Å². The van der Waals surface area contributed by atoms with E-state index in [2.05, 4.69) is 37.2 Å². The summed E-state index contributed by atoms with van der Waals surface area (Å²) in [5.74, 6) is -0.194. The highest BCUT2D eigenvalue weighted by atomic mass is 79.9. The van der Waals surface area contributed by atoms with Crippen molar-refractivity contribution >= 4 is 49.1 Å². The van der Waals surface area contributed by atoms with E-state index >= 15 is 0 Å². The number of benzene rings is 2. The molecule has 0 aliphatic heterocycles. The molecular weight excluding hydrogens is 372 g/mol. The number of rotatable bonds is 2. The smallest absolute Gasteiger partial charge is 0.256 e. The van der Waals surface area contributed by atoms with Crippen LogP contribution in [-0.2, 0) is 0 Å². The SMILES string of the molecule is Cc1cc(NC(=O)c2cc(N)ccc2Br)ccc1Br. The lowest BCUT2D eigenvalue weighted by Crippen LogP contribution is -2.13. The molecule has 98 valence electrons. The highest BCUT2D eigenvalue weighted by Crippen LogP contribution is 2.23. The number of nitrogen functional groups attached to an aromatic ring is 1. The van der Waals surface area contributed by atoms with Crippen LogP contribution in [-0.4, -0.2) is 5.91 Å². The van der Waals surface area contributed by atoms with Crippen LogP contribution in [0.3, 0.4) is 0 Å². The summed E-state index contributed by atoms with van der Waals surface area (Å²) in [5.41, 5.74) is 8.58. The van der Waals surface area contributed by atoms with E-state index in [0.29, 0.717) is 15.7 Å². The molecule has 2 aromatic rings. The van der Waals surface area contributed by atoms with Crippen molar-refractivity contribution in [2.24, 2.45) is 0 Å². The minimum atomic E-state index is -0.194. The number of nitrogens with two attached hydrogens (primary N) is 1. The molecule has 0 saturated heterocycles. The Morgan fingerprint density at radius 2 is 1.79 bits per heavy atom. The maximum atomic E-state index is 12.2. The van der Waals surface area contributed by atoms with Crippen LogP contribution < -0.4 is 11.1 Å². The van der Waals surface area contributed by atoms with Crippen molar-refractivity contribution in [1.82, 2.24) is 0 Å². The Kier molecular flexibility index (Phi) is 4.27. The maximum absolute atomic E-state index is 12.2. The van der Waals surface area contributed by atoms with Gasteiger partial charge in [-0.1, -0.05) is 15.9 Å². The Morgan fingerprint density at radius 1 is 1.11 bits per heavy atom. The molecule has 0 radical (unpaired) electrons. The van der Waals surface area contributed by atoms with Crippen molar-refractivity contribution in [3.8, 4) is 0 Å². The first kappa shape index (κ1) is 14.1. The standard InChI is InChI=1S/C14H12Br2N2O/c1-8-6-10(3-5-12(8)15)18-14(19)11-7-9(17)2-4-13(11)16/h2-7H,17H2,1H3,(H,18,19). The van der Waals surface area contributed by atoms with Crippen LogP contribution in [0.15, 0.2) is 45.3 Å². The lowest BCUT2D eigenvalue weighted by molar-refractivity contribution is 0.102. The fraction of sp³-hybridized carbons (Fsp3) is 0.0714. The van der Waals surface area contributed by atoms with E-state index in [4.69, 9.17) is 5.73 Å². The first-order valence-electron chi connectivity index (χ1n) is 5.60. The zero-order valence-electron chi connectivity index (χ0n) is 10.2. The lowest BCUT2D eigenvalue weighted by atomic mass is 10.1. The summed E-state index contributed by atoms with van der Waals surface area (Å²) in [6, 6.07) is 10.8. The van der Waals surface area contributed by atoms with Crippen molar-refractivity contribution in [1.29, 1.82) is 0 Å². The molecule has 0 aliphatic rings. The van der Waals surface area contributed by atoms with Gasteiger partial charge in [0.15, 0.2) is 0 Å². The van der Waals surface area contributed by atoms with E-state index in [0.717, 1.165) is 15.7 Å². The third kappa shape index (κ3) is 3.36. The number of hydrogen-bond acceptors (Lipinski definition) is 2. The van der Waals surface area contributed by atoms with Gasteiger partial charge in [-0.05, 0) is 64.8 Å². The molecule has 1 amide bonds. The highest BCUT2D eigenvalue weighted by Gasteiger charge is 2.11. The van der Waals surface area contributed by atoms with Gasteiger partial charge in [0.2, 0.25) is 0 Å². The van der Waals surface area contributed by atoms with Crippen LogP contribution in [0.2, 0.25) is 0 Å². The number of halogens is 2. The number of anilines is 2. The summed E-state index contributed by atoms with van der Waals surface area (Å²) in [5, 5.41) is 2.85. The molecule has 3 nitrogen and oxygen atoms in total. The number of carbonyl (C=O) groups is 1. The molecule has 0 bridgehead atoms. The maximum Gasteiger partial charge on any atom is 0.256 e. The Labute approximate surface area is 128 Å². The molecule has 19 heavy (non-hydrogen) atoms. The van der Waals surface area contributed by atoms with E-state index in [9.17, 15) is 4.79 Å². The number of hydrogen-bond donors (Lipinski definition) is 2. The quantitative estimate of drug-likeness (QED) is 0.757. The minimum Gasteiger partial charge on any atom is -0.399 e. The van der Waals surface area contributed by atoms with E-state index in [1.807, 2.05) is 25.1 Å². The predicted molar refractivity (Wildman–Crippen MR) is 85.4 cm³/mol. The Bertz CT molecular complexity index is 641. The van der Waals surface area contributed by atoms with Gasteiger partial charge in [-0.15, -0.1) is 0 Å². The molecular formula is C14H12Br2N2O. The van der Waals surface area contributed by atoms with Crippen LogP contribution in [0.5, 0.6) is 0 Å². The number of amides is 1. The first-order chi connectivity index (χ1) is 8.97. The average Bonchev–Trinajstić information content (AvgIpc) is 2.36. The molecule has 5 heteroatoms. The average molecular weight is 384 g/mol. The third-order valence-electron chi connectivity index (χ3n) is 2.65. The van der Waals surface area contributed by atoms with E-state index in [1.165, 1.54) is 0 Å². The van der Waals surface area contributed by atoms with Gasteiger partial charge in [0.1, 0.15) is 0 Å². The topological polar surface area (TPSA) is 55.1 Å². The lowest BCUT2D eigenvalue weighted by Gasteiger charge is -2.09. The molecule has 0 aromatic heterocycles. The predicted octanol–water partition coefficient (Wildman–Crippen LogP) is 4.35. The Hall–Kier alpha value is -1.33. The van der Waals surface area contributed by atoms with Crippen molar-refractivity contribution in [2.45, 2.75) is 6.92 Å². The van der Waals surface area contributed by atoms with Crippen LogP contribution in [0, 0.1) is 6.92 Å². The van der Waals surface area contributed by atoms with Crippen molar-refractivity contribution in [3.05, 3.63) is 56.5 Å². The number of aryl methyl sites for hydroxylation is 1. The normalized spacial score (nSPS) is 10.3. The number of carbonyl (C=O) groups excluding carboxylic acids is 1. The largest absolute Gasteiger partial charge is 0.399 e. The van der Waals surface area contributed by atoms with Crippen LogP contribution in [0.4, 0.5) is 11.4 Å². The second-order valence-corrected chi connectivity index (χ2v) is 5.87. The summed E-state index contributed by atoms with van der Waals surface area (Å²) < 4.78 is 1.73. The molecule has 0 unspecified atom stereocenters. The highest BCUT2D eigenvalue weighted by molar-refractivity contribution is 9.10. The van der Waals surface area contributed by atoms with Gasteiger partial charge in [-0.25, -0.2) is 0 Å². The molecule has 3 N–H and O–H groups in total. The van der Waals surface area contributed by atoms with E-state index in [-0.39, 0.29) is 5.91 Å². The summed E-state index contributed by atoms with van der Waals surface area (Å²) in [6.07, 6.45) is 0. The van der Waals surface area contributed by atoms with Gasteiger partial charge in [0.25, 0.3) is 5.91 Å².